The van der Waals surface area contributed by atoms with Gasteiger partial charge in [0.15, 0.2) is 0 Å². The first-order valence-electron chi connectivity index (χ1n) is 5.40. The summed E-state index contributed by atoms with van der Waals surface area (Å²) in [6.07, 6.45) is 0.564. The molecule has 1 amide bonds. The number of amides is 1. The third-order valence-corrected chi connectivity index (χ3v) is 3.74. The summed E-state index contributed by atoms with van der Waals surface area (Å²) in [6.45, 7) is 0.715. The van der Waals surface area contributed by atoms with Crippen molar-refractivity contribution in [3.05, 3.63) is 23.2 Å². The lowest BCUT2D eigenvalue weighted by Crippen LogP contribution is -2.24. The minimum absolute atomic E-state index is 0.133. The van der Waals surface area contributed by atoms with Crippen molar-refractivity contribution >= 4 is 35.8 Å². The Labute approximate surface area is 111 Å². The molecule has 1 atom stereocenters. The molecule has 0 aromatic heterocycles. The predicted octanol–water partition coefficient (Wildman–Crippen LogP) is 2.63. The monoisotopic (exact) mass is 271 g/mol. The van der Waals surface area contributed by atoms with Crippen molar-refractivity contribution in [1.29, 1.82) is 0 Å². The van der Waals surface area contributed by atoms with E-state index in [0.717, 1.165) is 11.4 Å². The molecule has 5 heteroatoms. The van der Waals surface area contributed by atoms with Crippen molar-refractivity contribution in [3.63, 3.8) is 0 Å². The number of rotatable bonds is 3. The van der Waals surface area contributed by atoms with Crippen LogP contribution in [0.25, 0.3) is 0 Å². The van der Waals surface area contributed by atoms with Crippen molar-refractivity contribution in [2.75, 3.05) is 24.3 Å². The zero-order valence-corrected chi connectivity index (χ0v) is 11.2. The zero-order valence-electron chi connectivity index (χ0n) is 9.52. The van der Waals surface area contributed by atoms with Gasteiger partial charge in [-0.1, -0.05) is 11.6 Å². The van der Waals surface area contributed by atoms with Crippen LogP contribution in [0.3, 0.4) is 0 Å². The Morgan fingerprint density at radius 3 is 2.94 bits per heavy atom. The van der Waals surface area contributed by atoms with Gasteiger partial charge in [-0.15, -0.1) is 0 Å². The van der Waals surface area contributed by atoms with Crippen LogP contribution in [-0.2, 0) is 4.79 Å². The second kappa shape index (κ2) is 5.19. The number of nitrogens with zero attached hydrogens (tertiary/aromatic N) is 1. The van der Waals surface area contributed by atoms with Crippen molar-refractivity contribution in [2.24, 2.45) is 5.92 Å². The zero-order chi connectivity index (χ0) is 12.4. The second-order valence-electron chi connectivity index (χ2n) is 4.08. The smallest absolute Gasteiger partial charge is 0.227 e. The number of thiol groups is 1. The van der Waals surface area contributed by atoms with E-state index in [9.17, 15) is 4.79 Å². The minimum atomic E-state index is 0.133. The number of benzene rings is 1. The van der Waals surface area contributed by atoms with E-state index in [1.54, 1.807) is 24.1 Å². The highest BCUT2D eigenvalue weighted by molar-refractivity contribution is 7.80. The van der Waals surface area contributed by atoms with Crippen LogP contribution in [0.5, 0.6) is 5.75 Å². The molecule has 1 heterocycles. The molecule has 0 aliphatic carbocycles. The Kier molecular flexibility index (Phi) is 3.84. The number of hydrogen-bond donors (Lipinski definition) is 1. The molecule has 1 aromatic rings. The molecule has 1 fully saturated rings. The number of hydrogen-bond acceptors (Lipinski definition) is 3. The van der Waals surface area contributed by atoms with Gasteiger partial charge < -0.3 is 9.64 Å². The van der Waals surface area contributed by atoms with E-state index in [0.29, 0.717) is 29.7 Å². The summed E-state index contributed by atoms with van der Waals surface area (Å²) in [5, 5.41) is 0.550. The Bertz CT molecular complexity index is 439. The van der Waals surface area contributed by atoms with Crippen molar-refractivity contribution in [3.8, 4) is 5.75 Å². The average molecular weight is 272 g/mol. The summed E-state index contributed by atoms with van der Waals surface area (Å²) >= 11 is 10.2. The molecular weight excluding hydrogens is 258 g/mol. The lowest BCUT2D eigenvalue weighted by Gasteiger charge is -2.17. The molecule has 0 bridgehead atoms. The van der Waals surface area contributed by atoms with Gasteiger partial charge in [-0.3, -0.25) is 4.79 Å². The fourth-order valence-electron chi connectivity index (χ4n) is 1.97. The van der Waals surface area contributed by atoms with Crippen LogP contribution in [-0.4, -0.2) is 25.3 Å². The van der Waals surface area contributed by atoms with Gasteiger partial charge in [-0.2, -0.15) is 12.6 Å². The first-order chi connectivity index (χ1) is 8.15. The molecule has 0 spiro atoms. The van der Waals surface area contributed by atoms with E-state index in [4.69, 9.17) is 16.3 Å². The molecular formula is C12H14ClNO2S. The highest BCUT2D eigenvalue weighted by atomic mass is 35.5. The van der Waals surface area contributed by atoms with Crippen LogP contribution >= 0.6 is 24.2 Å². The first-order valence-corrected chi connectivity index (χ1v) is 6.41. The Morgan fingerprint density at radius 2 is 2.35 bits per heavy atom. The van der Waals surface area contributed by atoms with Gasteiger partial charge in [0.05, 0.1) is 12.1 Å². The molecule has 0 saturated carbocycles. The normalized spacial score (nSPS) is 19.8. The van der Waals surface area contributed by atoms with Crippen LogP contribution in [0.15, 0.2) is 18.2 Å². The maximum Gasteiger partial charge on any atom is 0.227 e. The average Bonchev–Trinajstić information content (AvgIpc) is 2.71. The van der Waals surface area contributed by atoms with Gasteiger partial charge >= 0.3 is 0 Å². The highest BCUT2D eigenvalue weighted by Crippen LogP contribution is 2.32. The summed E-state index contributed by atoms with van der Waals surface area (Å²) in [5.41, 5.74) is 0.834. The molecule has 2 rings (SSSR count). The first kappa shape index (κ1) is 12.6. The van der Waals surface area contributed by atoms with E-state index in [-0.39, 0.29) is 5.91 Å². The van der Waals surface area contributed by atoms with E-state index in [2.05, 4.69) is 12.6 Å². The van der Waals surface area contributed by atoms with Crippen molar-refractivity contribution in [1.82, 2.24) is 0 Å². The molecule has 92 valence electrons. The van der Waals surface area contributed by atoms with Gasteiger partial charge in [0.1, 0.15) is 5.75 Å². The number of carbonyl (C=O) groups excluding carboxylic acids is 1. The van der Waals surface area contributed by atoms with Gasteiger partial charge in [0.25, 0.3) is 0 Å². The van der Waals surface area contributed by atoms with Crippen molar-refractivity contribution < 1.29 is 9.53 Å². The molecule has 1 unspecified atom stereocenters. The summed E-state index contributed by atoms with van der Waals surface area (Å²) in [7, 11) is 1.56. The number of methoxy groups -OCH3 is 1. The molecule has 1 saturated heterocycles. The quantitative estimate of drug-likeness (QED) is 0.857. The maximum atomic E-state index is 11.8. The standard InChI is InChI=1S/C12H14ClNO2S/c1-16-11-5-9(2-3-10(11)13)14-6-8(7-17)4-12(14)15/h2-3,5,8,17H,4,6-7H2,1H3. The van der Waals surface area contributed by atoms with Gasteiger partial charge in [0.2, 0.25) is 5.91 Å². The van der Waals surface area contributed by atoms with Gasteiger partial charge in [-0.05, 0) is 23.8 Å². The summed E-state index contributed by atoms with van der Waals surface area (Å²) in [6, 6.07) is 5.38. The van der Waals surface area contributed by atoms with Gasteiger partial charge in [0, 0.05) is 24.7 Å². The molecule has 1 aromatic carbocycles. The Balaban J connectivity index is 2.26. The lowest BCUT2D eigenvalue weighted by molar-refractivity contribution is -0.117. The molecule has 3 nitrogen and oxygen atoms in total. The fourth-order valence-corrected chi connectivity index (χ4v) is 2.41. The fraction of sp³-hybridized carbons (Fsp3) is 0.417. The summed E-state index contributed by atoms with van der Waals surface area (Å²) in [5.74, 6) is 1.78. The Hall–Kier alpha value is -0.870. The third kappa shape index (κ3) is 2.53. The molecule has 1 aliphatic rings. The van der Waals surface area contributed by atoms with Crippen LogP contribution < -0.4 is 9.64 Å². The summed E-state index contributed by atoms with van der Waals surface area (Å²) in [4.78, 5) is 13.6. The minimum Gasteiger partial charge on any atom is -0.495 e. The SMILES string of the molecule is COc1cc(N2CC(CS)CC2=O)ccc1Cl. The number of halogens is 1. The van der Waals surface area contributed by atoms with E-state index < -0.39 is 0 Å². The molecule has 0 N–H and O–H groups in total. The van der Waals surface area contributed by atoms with E-state index in [1.807, 2.05) is 6.07 Å². The topological polar surface area (TPSA) is 29.5 Å². The molecule has 1 aliphatic heterocycles. The van der Waals surface area contributed by atoms with E-state index >= 15 is 0 Å². The Morgan fingerprint density at radius 1 is 1.59 bits per heavy atom. The molecule has 0 radical (unpaired) electrons. The van der Waals surface area contributed by atoms with Crippen LogP contribution in [0.1, 0.15) is 6.42 Å². The predicted molar refractivity (Wildman–Crippen MR) is 72.3 cm³/mol. The van der Waals surface area contributed by atoms with Crippen LogP contribution in [0.4, 0.5) is 5.69 Å². The molecule has 17 heavy (non-hydrogen) atoms. The highest BCUT2D eigenvalue weighted by Gasteiger charge is 2.29. The lowest BCUT2D eigenvalue weighted by atomic mass is 10.1. The summed E-state index contributed by atoms with van der Waals surface area (Å²) < 4.78 is 5.15. The number of anilines is 1. The second-order valence-corrected chi connectivity index (χ2v) is 4.85. The maximum absolute atomic E-state index is 11.8. The van der Waals surface area contributed by atoms with Crippen LogP contribution in [0, 0.1) is 5.92 Å². The third-order valence-electron chi connectivity index (χ3n) is 2.91. The number of carbonyl (C=O) groups is 1. The number of ether oxygens (including phenoxy) is 1. The van der Waals surface area contributed by atoms with E-state index in [1.165, 1.54) is 0 Å². The van der Waals surface area contributed by atoms with Crippen LogP contribution in [0.2, 0.25) is 5.02 Å². The van der Waals surface area contributed by atoms with Crippen molar-refractivity contribution in [2.45, 2.75) is 6.42 Å². The van der Waals surface area contributed by atoms with Gasteiger partial charge in [-0.25, -0.2) is 0 Å². The largest absolute Gasteiger partial charge is 0.495 e.